The number of amidine groups is 1. The summed E-state index contributed by atoms with van der Waals surface area (Å²) in [5.74, 6) is 1.12. The summed E-state index contributed by atoms with van der Waals surface area (Å²) in [7, 11) is 0. The van der Waals surface area contributed by atoms with Crippen molar-refractivity contribution < 1.29 is 4.79 Å². The Morgan fingerprint density at radius 1 is 1.37 bits per heavy atom. The highest BCUT2D eigenvalue weighted by atomic mass is 16.2. The van der Waals surface area contributed by atoms with Crippen LogP contribution in [0, 0.1) is 11.3 Å². The van der Waals surface area contributed by atoms with Gasteiger partial charge < -0.3 is 9.80 Å². The number of likely N-dealkylation sites (tertiary alicyclic amines) is 1. The first-order valence-electron chi connectivity index (χ1n) is 7.56. The van der Waals surface area contributed by atoms with Gasteiger partial charge in [0.2, 0.25) is 0 Å². The summed E-state index contributed by atoms with van der Waals surface area (Å²) in [6.07, 6.45) is 5.49. The molecule has 19 heavy (non-hydrogen) atoms. The van der Waals surface area contributed by atoms with E-state index in [1.165, 1.54) is 19.3 Å². The number of hydrogen-bond acceptors (Lipinski definition) is 3. The van der Waals surface area contributed by atoms with E-state index in [2.05, 4.69) is 17.1 Å². The maximum absolute atomic E-state index is 12.1. The zero-order valence-corrected chi connectivity index (χ0v) is 11.7. The second-order valence-electron chi connectivity index (χ2n) is 6.23. The summed E-state index contributed by atoms with van der Waals surface area (Å²) in [4.78, 5) is 16.5. The normalized spacial score (nSPS) is 27.1. The molecule has 2 aliphatic heterocycles. The second kappa shape index (κ2) is 4.78. The number of hydrogen-bond donors (Lipinski definition) is 2. The standard InChI is InChI=1S/C14H24N4O/c1-2-7-17-8-5-14(6-9-17)12(15)16-13(19)18(14)10-11-3-4-11/h11H,2-10H2,1H3,(H2,15,16,19). The van der Waals surface area contributed by atoms with E-state index in [9.17, 15) is 4.79 Å². The molecule has 5 heteroatoms. The number of amides is 2. The number of piperidine rings is 1. The molecule has 2 saturated heterocycles. The summed E-state index contributed by atoms with van der Waals surface area (Å²) >= 11 is 0. The van der Waals surface area contributed by atoms with Gasteiger partial charge in [-0.1, -0.05) is 6.92 Å². The van der Waals surface area contributed by atoms with Gasteiger partial charge >= 0.3 is 6.03 Å². The number of carbonyl (C=O) groups is 1. The molecule has 0 bridgehead atoms. The van der Waals surface area contributed by atoms with Crippen LogP contribution in [0.2, 0.25) is 0 Å². The molecule has 2 amide bonds. The fraction of sp³-hybridized carbons (Fsp3) is 0.857. The Morgan fingerprint density at radius 2 is 2.05 bits per heavy atom. The Hall–Kier alpha value is -1.10. The summed E-state index contributed by atoms with van der Waals surface area (Å²) in [5, 5.41) is 11.0. The molecule has 3 aliphatic rings. The highest BCUT2D eigenvalue weighted by Crippen LogP contribution is 2.38. The van der Waals surface area contributed by atoms with Gasteiger partial charge in [0.1, 0.15) is 11.4 Å². The minimum absolute atomic E-state index is 0.0409. The highest BCUT2D eigenvalue weighted by molar-refractivity contribution is 6.08. The predicted octanol–water partition coefficient (Wildman–Crippen LogP) is 1.64. The van der Waals surface area contributed by atoms with Crippen LogP contribution in [0.5, 0.6) is 0 Å². The van der Waals surface area contributed by atoms with Gasteiger partial charge in [-0.3, -0.25) is 10.7 Å². The lowest BCUT2D eigenvalue weighted by Gasteiger charge is -2.43. The van der Waals surface area contributed by atoms with E-state index >= 15 is 0 Å². The van der Waals surface area contributed by atoms with Gasteiger partial charge in [0.25, 0.3) is 0 Å². The van der Waals surface area contributed by atoms with Crippen molar-refractivity contribution in [1.29, 1.82) is 5.41 Å². The van der Waals surface area contributed by atoms with Crippen molar-refractivity contribution in [3.05, 3.63) is 0 Å². The van der Waals surface area contributed by atoms with Crippen LogP contribution in [-0.2, 0) is 0 Å². The van der Waals surface area contributed by atoms with Gasteiger partial charge in [-0.15, -0.1) is 0 Å². The minimum atomic E-state index is -0.316. The number of carbonyl (C=O) groups excluding carboxylic acids is 1. The molecule has 0 atom stereocenters. The molecule has 0 unspecified atom stereocenters. The van der Waals surface area contributed by atoms with Crippen molar-refractivity contribution in [1.82, 2.24) is 15.1 Å². The lowest BCUT2D eigenvalue weighted by molar-refractivity contribution is 0.100. The first-order valence-corrected chi connectivity index (χ1v) is 7.56. The average molecular weight is 264 g/mol. The van der Waals surface area contributed by atoms with Gasteiger partial charge in [-0.05, 0) is 44.6 Å². The number of urea groups is 1. The lowest BCUT2D eigenvalue weighted by atomic mass is 9.85. The first kappa shape index (κ1) is 12.9. The van der Waals surface area contributed by atoms with E-state index in [0.717, 1.165) is 39.0 Å². The largest absolute Gasteiger partial charge is 0.323 e. The molecule has 1 aliphatic carbocycles. The maximum atomic E-state index is 12.1. The number of rotatable bonds is 4. The highest BCUT2D eigenvalue weighted by Gasteiger charge is 2.52. The van der Waals surface area contributed by atoms with Crippen LogP contribution in [0.3, 0.4) is 0 Å². The zero-order chi connectivity index (χ0) is 13.5. The van der Waals surface area contributed by atoms with Crippen LogP contribution in [0.1, 0.15) is 39.0 Å². The van der Waals surface area contributed by atoms with Gasteiger partial charge in [-0.2, -0.15) is 0 Å². The molecule has 2 heterocycles. The van der Waals surface area contributed by atoms with Crippen LogP contribution >= 0.6 is 0 Å². The molecule has 5 nitrogen and oxygen atoms in total. The third-order valence-corrected chi connectivity index (χ3v) is 4.82. The van der Waals surface area contributed by atoms with E-state index in [4.69, 9.17) is 5.41 Å². The Kier molecular flexibility index (Phi) is 3.25. The first-order chi connectivity index (χ1) is 9.15. The van der Waals surface area contributed by atoms with Gasteiger partial charge in [-0.25, -0.2) is 4.79 Å². The Labute approximate surface area is 114 Å². The SMILES string of the molecule is CCCN1CCC2(CC1)C(=N)NC(=O)N2CC1CC1. The Bertz CT molecular complexity index is 383. The van der Waals surface area contributed by atoms with Crippen molar-refractivity contribution in [2.45, 2.75) is 44.6 Å². The van der Waals surface area contributed by atoms with E-state index in [0.29, 0.717) is 11.8 Å². The molecule has 0 aromatic heterocycles. The van der Waals surface area contributed by atoms with E-state index in [1.54, 1.807) is 0 Å². The van der Waals surface area contributed by atoms with Crippen LogP contribution in [0.15, 0.2) is 0 Å². The topological polar surface area (TPSA) is 59.4 Å². The van der Waals surface area contributed by atoms with Crippen LogP contribution in [0.25, 0.3) is 0 Å². The predicted molar refractivity (Wildman–Crippen MR) is 74.4 cm³/mol. The minimum Gasteiger partial charge on any atom is -0.311 e. The number of nitrogens with zero attached hydrogens (tertiary/aromatic N) is 2. The number of nitrogens with one attached hydrogen (secondary N) is 2. The van der Waals surface area contributed by atoms with E-state index in [1.807, 2.05) is 4.90 Å². The Balaban J connectivity index is 1.72. The van der Waals surface area contributed by atoms with E-state index in [-0.39, 0.29) is 11.6 Å². The molecule has 3 fully saturated rings. The summed E-state index contributed by atoms with van der Waals surface area (Å²) < 4.78 is 0. The molecule has 0 aromatic carbocycles. The fourth-order valence-electron chi connectivity index (χ4n) is 3.42. The molecule has 2 N–H and O–H groups in total. The zero-order valence-electron chi connectivity index (χ0n) is 11.7. The summed E-state index contributed by atoms with van der Waals surface area (Å²) in [5.41, 5.74) is -0.316. The fourth-order valence-corrected chi connectivity index (χ4v) is 3.42. The molecule has 1 spiro atoms. The van der Waals surface area contributed by atoms with Crippen molar-refractivity contribution >= 4 is 11.9 Å². The van der Waals surface area contributed by atoms with Gasteiger partial charge in [0.05, 0.1) is 0 Å². The van der Waals surface area contributed by atoms with Crippen LogP contribution in [-0.4, -0.2) is 53.4 Å². The third kappa shape index (κ3) is 2.24. The molecule has 1 saturated carbocycles. The van der Waals surface area contributed by atoms with Crippen molar-refractivity contribution in [3.63, 3.8) is 0 Å². The van der Waals surface area contributed by atoms with Crippen molar-refractivity contribution in [3.8, 4) is 0 Å². The van der Waals surface area contributed by atoms with Crippen LogP contribution < -0.4 is 5.32 Å². The third-order valence-electron chi connectivity index (χ3n) is 4.82. The summed E-state index contributed by atoms with van der Waals surface area (Å²) in [6, 6.07) is -0.0409. The van der Waals surface area contributed by atoms with E-state index < -0.39 is 0 Å². The van der Waals surface area contributed by atoms with Gasteiger partial charge in [0, 0.05) is 19.6 Å². The quantitative estimate of drug-likeness (QED) is 0.811. The summed E-state index contributed by atoms with van der Waals surface area (Å²) in [6.45, 7) is 6.20. The average Bonchev–Trinajstić information content (AvgIpc) is 3.17. The molecule has 3 rings (SSSR count). The van der Waals surface area contributed by atoms with Crippen LogP contribution in [0.4, 0.5) is 4.79 Å². The lowest BCUT2D eigenvalue weighted by Crippen LogP contribution is -2.56. The molecule has 106 valence electrons. The Morgan fingerprint density at radius 3 is 2.63 bits per heavy atom. The monoisotopic (exact) mass is 264 g/mol. The maximum Gasteiger partial charge on any atom is 0.323 e. The molecular weight excluding hydrogens is 240 g/mol. The smallest absolute Gasteiger partial charge is 0.311 e. The molecular formula is C14H24N4O. The second-order valence-corrected chi connectivity index (χ2v) is 6.23. The van der Waals surface area contributed by atoms with Crippen molar-refractivity contribution in [2.24, 2.45) is 5.92 Å². The van der Waals surface area contributed by atoms with Gasteiger partial charge in [0.15, 0.2) is 0 Å². The molecule has 0 radical (unpaired) electrons. The molecule has 0 aromatic rings. The van der Waals surface area contributed by atoms with Crippen molar-refractivity contribution in [2.75, 3.05) is 26.2 Å².